The Kier molecular flexibility index (Phi) is 4.90. The quantitative estimate of drug-likeness (QED) is 0.925. The zero-order valence-corrected chi connectivity index (χ0v) is 13.2. The Bertz CT molecular complexity index is 689. The molecule has 1 atom stereocenters. The minimum Gasteiger partial charge on any atom is -0.481 e. The molecule has 1 N–H and O–H groups in total. The first-order valence-corrected chi connectivity index (χ1v) is 8.02. The van der Waals surface area contributed by atoms with Crippen molar-refractivity contribution < 1.29 is 18.7 Å². The Morgan fingerprint density at radius 3 is 2.17 bits per heavy atom. The average molecular weight is 331 g/mol. The molecular weight excluding hydrogens is 312 g/mol. The summed E-state index contributed by atoms with van der Waals surface area (Å²) in [6.07, 6.45) is 1.38. The van der Waals surface area contributed by atoms with E-state index >= 15 is 0 Å². The fraction of sp³-hybridized carbons (Fsp3) is 0.316. The number of piperidine rings is 1. The van der Waals surface area contributed by atoms with E-state index in [0.717, 1.165) is 6.42 Å². The summed E-state index contributed by atoms with van der Waals surface area (Å²) >= 11 is 0. The van der Waals surface area contributed by atoms with E-state index in [2.05, 4.69) is 0 Å². The number of halogens is 2. The van der Waals surface area contributed by atoms with Gasteiger partial charge in [0.15, 0.2) is 0 Å². The van der Waals surface area contributed by atoms with E-state index in [-0.39, 0.29) is 17.7 Å². The lowest BCUT2D eigenvalue weighted by Gasteiger charge is -2.37. The lowest BCUT2D eigenvalue weighted by Crippen LogP contribution is -2.41. The van der Waals surface area contributed by atoms with Gasteiger partial charge < -0.3 is 5.11 Å². The van der Waals surface area contributed by atoms with Gasteiger partial charge in [-0.2, -0.15) is 0 Å². The first-order chi connectivity index (χ1) is 11.5. The molecule has 0 bridgehead atoms. The van der Waals surface area contributed by atoms with Crippen molar-refractivity contribution in [3.05, 3.63) is 71.3 Å². The lowest BCUT2D eigenvalue weighted by atomic mass is 9.91. The number of hydrogen-bond acceptors (Lipinski definition) is 2. The van der Waals surface area contributed by atoms with Crippen molar-refractivity contribution in [1.82, 2.24) is 4.90 Å². The summed E-state index contributed by atoms with van der Waals surface area (Å²) in [6.45, 7) is 1.06. The Hall–Kier alpha value is -2.27. The predicted octanol–water partition coefficient (Wildman–Crippen LogP) is 3.85. The van der Waals surface area contributed by atoms with Crippen LogP contribution >= 0.6 is 0 Å². The summed E-state index contributed by atoms with van der Waals surface area (Å²) in [5, 5.41) is 9.32. The maximum absolute atomic E-state index is 13.7. The van der Waals surface area contributed by atoms with Crippen LogP contribution in [0.15, 0.2) is 48.5 Å². The van der Waals surface area contributed by atoms with E-state index in [1.807, 2.05) is 4.90 Å². The van der Waals surface area contributed by atoms with Gasteiger partial charge in [-0.25, -0.2) is 8.78 Å². The SMILES string of the molecule is O=C(O)C1CCCN(C(c2cccc(F)c2)c2cccc(F)c2)C1. The van der Waals surface area contributed by atoms with Crippen molar-refractivity contribution in [2.75, 3.05) is 13.1 Å². The molecule has 0 radical (unpaired) electrons. The van der Waals surface area contributed by atoms with Crippen LogP contribution < -0.4 is 0 Å². The van der Waals surface area contributed by atoms with Gasteiger partial charge in [0, 0.05) is 6.54 Å². The molecule has 0 aliphatic carbocycles. The lowest BCUT2D eigenvalue weighted by molar-refractivity contribution is -0.143. The molecule has 1 heterocycles. The zero-order valence-electron chi connectivity index (χ0n) is 13.2. The number of rotatable bonds is 4. The van der Waals surface area contributed by atoms with Crippen LogP contribution in [-0.2, 0) is 4.79 Å². The first-order valence-electron chi connectivity index (χ1n) is 8.02. The molecule has 2 aromatic rings. The van der Waals surface area contributed by atoms with Crippen molar-refractivity contribution in [3.63, 3.8) is 0 Å². The summed E-state index contributed by atoms with van der Waals surface area (Å²) in [5.41, 5.74) is 1.40. The van der Waals surface area contributed by atoms with Gasteiger partial charge in [-0.15, -0.1) is 0 Å². The Morgan fingerprint density at radius 2 is 1.67 bits per heavy atom. The fourth-order valence-electron chi connectivity index (χ4n) is 3.41. The van der Waals surface area contributed by atoms with Crippen molar-refractivity contribution in [2.45, 2.75) is 18.9 Å². The first kappa shape index (κ1) is 16.6. The van der Waals surface area contributed by atoms with Gasteiger partial charge in [0.2, 0.25) is 0 Å². The third-order valence-corrected chi connectivity index (χ3v) is 4.50. The van der Waals surface area contributed by atoms with Gasteiger partial charge in [-0.3, -0.25) is 9.69 Å². The summed E-state index contributed by atoms with van der Waals surface area (Å²) in [6, 6.07) is 12.1. The highest BCUT2D eigenvalue weighted by molar-refractivity contribution is 5.70. The normalized spacial score (nSPS) is 18.7. The number of likely N-dealkylation sites (tertiary alicyclic amines) is 1. The molecule has 1 saturated heterocycles. The molecule has 1 aliphatic heterocycles. The molecular formula is C19H19F2NO2. The average Bonchev–Trinajstić information content (AvgIpc) is 2.55. The van der Waals surface area contributed by atoms with Gasteiger partial charge in [-0.05, 0) is 54.8 Å². The third kappa shape index (κ3) is 3.62. The maximum Gasteiger partial charge on any atom is 0.307 e. The van der Waals surface area contributed by atoms with Gasteiger partial charge in [0.1, 0.15) is 11.6 Å². The molecule has 3 rings (SSSR count). The zero-order chi connectivity index (χ0) is 17.1. The number of carboxylic acids is 1. The minimum absolute atomic E-state index is 0.360. The molecule has 3 nitrogen and oxygen atoms in total. The summed E-state index contributed by atoms with van der Waals surface area (Å²) in [4.78, 5) is 13.4. The van der Waals surface area contributed by atoms with Gasteiger partial charge in [0.25, 0.3) is 0 Å². The summed E-state index contributed by atoms with van der Waals surface area (Å²) < 4.78 is 27.4. The number of carboxylic acid groups (broad SMARTS) is 1. The minimum atomic E-state index is -0.822. The number of aliphatic carboxylic acids is 1. The molecule has 0 amide bonds. The molecule has 1 unspecified atom stereocenters. The molecule has 0 aromatic heterocycles. The second kappa shape index (κ2) is 7.09. The molecule has 5 heteroatoms. The molecule has 0 saturated carbocycles. The van der Waals surface area contributed by atoms with E-state index in [1.54, 1.807) is 24.3 Å². The van der Waals surface area contributed by atoms with E-state index in [9.17, 15) is 18.7 Å². The Labute approximate surface area is 139 Å². The van der Waals surface area contributed by atoms with Crippen LogP contribution in [0.4, 0.5) is 8.78 Å². The van der Waals surface area contributed by atoms with Crippen molar-refractivity contribution in [1.29, 1.82) is 0 Å². The molecule has 2 aromatic carbocycles. The van der Waals surface area contributed by atoms with Crippen molar-refractivity contribution in [2.24, 2.45) is 5.92 Å². The number of carbonyl (C=O) groups is 1. The summed E-state index contributed by atoms with van der Waals surface area (Å²) in [5.74, 6) is -2.00. The fourth-order valence-corrected chi connectivity index (χ4v) is 3.41. The standard InChI is InChI=1S/C19H19F2NO2/c20-16-7-1-4-13(10-16)18(14-5-2-8-17(21)11-14)22-9-3-6-15(12-22)19(23)24/h1-2,4-5,7-8,10-11,15,18H,3,6,9,12H2,(H,23,24). The predicted molar refractivity (Wildman–Crippen MR) is 86.6 cm³/mol. The van der Waals surface area contributed by atoms with Crippen molar-refractivity contribution >= 4 is 5.97 Å². The largest absolute Gasteiger partial charge is 0.481 e. The molecule has 24 heavy (non-hydrogen) atoms. The van der Waals surface area contributed by atoms with Gasteiger partial charge in [0.05, 0.1) is 12.0 Å². The van der Waals surface area contributed by atoms with E-state index in [4.69, 9.17) is 0 Å². The molecule has 1 aliphatic rings. The second-order valence-corrected chi connectivity index (χ2v) is 6.18. The Balaban J connectivity index is 2.00. The smallest absolute Gasteiger partial charge is 0.307 e. The van der Waals surface area contributed by atoms with Crippen LogP contribution in [0, 0.1) is 17.6 Å². The third-order valence-electron chi connectivity index (χ3n) is 4.50. The highest BCUT2D eigenvalue weighted by Crippen LogP contribution is 2.33. The highest BCUT2D eigenvalue weighted by Gasteiger charge is 2.31. The van der Waals surface area contributed by atoms with Gasteiger partial charge in [-0.1, -0.05) is 24.3 Å². The molecule has 1 fully saturated rings. The number of nitrogens with zero attached hydrogens (tertiary/aromatic N) is 1. The van der Waals surface area contributed by atoms with Crippen LogP contribution in [0.25, 0.3) is 0 Å². The summed E-state index contributed by atoms with van der Waals surface area (Å²) in [7, 11) is 0. The topological polar surface area (TPSA) is 40.5 Å². The molecule has 126 valence electrons. The highest BCUT2D eigenvalue weighted by atomic mass is 19.1. The maximum atomic E-state index is 13.7. The Morgan fingerprint density at radius 1 is 1.08 bits per heavy atom. The van der Waals surface area contributed by atoms with Crippen LogP contribution in [-0.4, -0.2) is 29.1 Å². The van der Waals surface area contributed by atoms with Crippen LogP contribution in [0.3, 0.4) is 0 Å². The van der Waals surface area contributed by atoms with Crippen LogP contribution in [0.5, 0.6) is 0 Å². The van der Waals surface area contributed by atoms with E-state index in [1.165, 1.54) is 24.3 Å². The van der Waals surface area contributed by atoms with Crippen molar-refractivity contribution in [3.8, 4) is 0 Å². The van der Waals surface area contributed by atoms with Gasteiger partial charge >= 0.3 is 5.97 Å². The number of benzene rings is 2. The van der Waals surface area contributed by atoms with Crippen LogP contribution in [0.2, 0.25) is 0 Å². The van der Waals surface area contributed by atoms with E-state index in [0.29, 0.717) is 30.6 Å². The number of hydrogen-bond donors (Lipinski definition) is 1. The van der Waals surface area contributed by atoms with Crippen LogP contribution in [0.1, 0.15) is 30.0 Å². The monoisotopic (exact) mass is 331 g/mol. The second-order valence-electron chi connectivity index (χ2n) is 6.18. The molecule has 0 spiro atoms. The van der Waals surface area contributed by atoms with E-state index < -0.39 is 11.9 Å².